The molecule has 79 valence electrons. The number of hydrogen-bond donors (Lipinski definition) is 0. The van der Waals surface area contributed by atoms with E-state index < -0.39 is 14.3 Å². The van der Waals surface area contributed by atoms with E-state index in [0.717, 1.165) is 13.8 Å². The number of furan rings is 3. The second-order valence-electron chi connectivity index (χ2n) is 3.31. The molecule has 16 heavy (non-hydrogen) atoms. The first-order valence-electron chi connectivity index (χ1n) is 4.94. The van der Waals surface area contributed by atoms with Gasteiger partial charge in [-0.25, -0.2) is 0 Å². The van der Waals surface area contributed by atoms with E-state index in [2.05, 4.69) is 0 Å². The third kappa shape index (κ3) is 1.63. The molecule has 0 fully saturated rings. The van der Waals surface area contributed by atoms with Crippen LogP contribution in [0.5, 0.6) is 0 Å². The molecule has 0 saturated carbocycles. The van der Waals surface area contributed by atoms with Gasteiger partial charge in [-0.3, -0.25) is 0 Å². The van der Waals surface area contributed by atoms with Gasteiger partial charge in [0.15, 0.2) is 0 Å². The monoisotopic (exact) mass is 275 g/mol. The summed E-state index contributed by atoms with van der Waals surface area (Å²) in [6.45, 7) is 0. The van der Waals surface area contributed by atoms with Crippen LogP contribution in [0.25, 0.3) is 0 Å². The molecule has 0 amide bonds. The van der Waals surface area contributed by atoms with Crippen LogP contribution in [0.4, 0.5) is 0 Å². The minimum atomic E-state index is -1.97. The van der Waals surface area contributed by atoms with Crippen molar-refractivity contribution >= 4 is 28.1 Å². The van der Waals surface area contributed by atoms with Crippen molar-refractivity contribution in [1.82, 2.24) is 0 Å². The zero-order chi connectivity index (χ0) is 10.8. The predicted molar refractivity (Wildman–Crippen MR) is 60.8 cm³/mol. The Balaban J connectivity index is 2.09. The Morgan fingerprint density at radius 1 is 0.625 bits per heavy atom. The zero-order valence-corrected chi connectivity index (χ0v) is 10.5. The van der Waals surface area contributed by atoms with Crippen LogP contribution >= 0.6 is 0 Å². The van der Waals surface area contributed by atoms with Crippen LogP contribution in [0, 0.1) is 0 Å². The van der Waals surface area contributed by atoms with Crippen LogP contribution < -0.4 is 13.8 Å². The van der Waals surface area contributed by atoms with Gasteiger partial charge in [-0.1, -0.05) is 0 Å². The summed E-state index contributed by atoms with van der Waals surface area (Å²) in [5, 5.41) is 0. The summed E-state index contributed by atoms with van der Waals surface area (Å²) in [4.78, 5) is 0. The van der Waals surface area contributed by atoms with Gasteiger partial charge in [0.25, 0.3) is 0 Å². The van der Waals surface area contributed by atoms with Gasteiger partial charge in [-0.2, -0.15) is 0 Å². The van der Waals surface area contributed by atoms with Gasteiger partial charge in [0.05, 0.1) is 0 Å². The molecule has 0 unspecified atom stereocenters. The standard InChI is InChI=1S/C12H9GeO3/c1-4-10(14-7-1)13(11-5-2-8-15-11)12-6-3-9-16-12/h1-9H. The van der Waals surface area contributed by atoms with Crippen molar-refractivity contribution in [2.24, 2.45) is 0 Å². The van der Waals surface area contributed by atoms with Crippen molar-refractivity contribution in [3.63, 3.8) is 0 Å². The van der Waals surface area contributed by atoms with Crippen molar-refractivity contribution in [3.05, 3.63) is 55.2 Å². The maximum atomic E-state index is 5.50. The first-order valence-corrected chi connectivity index (χ1v) is 8.08. The Kier molecular flexibility index (Phi) is 2.46. The summed E-state index contributed by atoms with van der Waals surface area (Å²) in [5.41, 5.74) is 0. The second kappa shape index (κ2) is 4.10. The van der Waals surface area contributed by atoms with Gasteiger partial charge in [0.2, 0.25) is 0 Å². The fourth-order valence-electron chi connectivity index (χ4n) is 1.63. The molecule has 0 N–H and O–H groups in total. The molecule has 0 atom stereocenters. The summed E-state index contributed by atoms with van der Waals surface area (Å²) >= 11 is -1.97. The van der Waals surface area contributed by atoms with Crippen LogP contribution in [-0.4, -0.2) is 14.3 Å². The average molecular weight is 274 g/mol. The van der Waals surface area contributed by atoms with Crippen LogP contribution in [0.3, 0.4) is 0 Å². The van der Waals surface area contributed by atoms with Gasteiger partial charge in [-0.15, -0.1) is 0 Å². The molecule has 0 saturated heterocycles. The molecule has 3 nitrogen and oxygen atoms in total. The summed E-state index contributed by atoms with van der Waals surface area (Å²) in [7, 11) is 0. The van der Waals surface area contributed by atoms with E-state index in [1.54, 1.807) is 18.8 Å². The predicted octanol–water partition coefficient (Wildman–Crippen LogP) is 0.982. The Morgan fingerprint density at radius 2 is 1.00 bits per heavy atom. The average Bonchev–Trinajstić information content (AvgIpc) is 3.02. The molecule has 3 heterocycles. The van der Waals surface area contributed by atoms with E-state index in [1.807, 2.05) is 36.4 Å². The number of hydrogen-bond acceptors (Lipinski definition) is 3. The molecular formula is C12H9GeO3. The molecule has 0 spiro atoms. The third-order valence-corrected chi connectivity index (χ3v) is 7.20. The van der Waals surface area contributed by atoms with E-state index in [1.165, 1.54) is 0 Å². The Morgan fingerprint density at radius 3 is 1.25 bits per heavy atom. The van der Waals surface area contributed by atoms with Crippen LogP contribution in [0.2, 0.25) is 0 Å². The van der Waals surface area contributed by atoms with Crippen molar-refractivity contribution in [3.8, 4) is 0 Å². The Bertz CT molecular complexity index is 441. The van der Waals surface area contributed by atoms with E-state index in [-0.39, 0.29) is 0 Å². The van der Waals surface area contributed by atoms with E-state index >= 15 is 0 Å². The quantitative estimate of drug-likeness (QED) is 0.668. The zero-order valence-electron chi connectivity index (χ0n) is 8.42. The summed E-state index contributed by atoms with van der Waals surface area (Å²) in [6, 6.07) is 11.7. The normalized spacial score (nSPS) is 11.1. The first-order chi connectivity index (χ1) is 7.95. The Hall–Kier alpha value is -1.62. The van der Waals surface area contributed by atoms with Gasteiger partial charge in [-0.05, 0) is 0 Å². The maximum absolute atomic E-state index is 5.50. The van der Waals surface area contributed by atoms with Gasteiger partial charge in [0.1, 0.15) is 0 Å². The van der Waals surface area contributed by atoms with Crippen molar-refractivity contribution in [1.29, 1.82) is 0 Å². The van der Waals surface area contributed by atoms with Crippen LogP contribution in [0.15, 0.2) is 68.4 Å². The molecule has 3 rings (SSSR count). The van der Waals surface area contributed by atoms with Gasteiger partial charge >= 0.3 is 96.6 Å². The molecule has 0 aliphatic rings. The van der Waals surface area contributed by atoms with Gasteiger partial charge < -0.3 is 0 Å². The molecule has 1 radical (unpaired) electrons. The Labute approximate surface area is 96.8 Å². The summed E-state index contributed by atoms with van der Waals surface area (Å²) in [6.07, 6.45) is 5.07. The third-order valence-electron chi connectivity index (χ3n) is 2.30. The minimum absolute atomic E-state index is 0.977. The molecule has 0 aromatic carbocycles. The molecular weight excluding hydrogens is 265 g/mol. The fourth-order valence-corrected chi connectivity index (χ4v) is 5.98. The molecule has 0 aliphatic heterocycles. The topological polar surface area (TPSA) is 39.4 Å². The summed E-state index contributed by atoms with van der Waals surface area (Å²) < 4.78 is 19.4. The van der Waals surface area contributed by atoms with Crippen molar-refractivity contribution < 1.29 is 13.3 Å². The van der Waals surface area contributed by atoms with E-state index in [9.17, 15) is 0 Å². The second-order valence-corrected chi connectivity index (χ2v) is 7.98. The molecule has 3 aromatic rings. The van der Waals surface area contributed by atoms with Crippen molar-refractivity contribution in [2.45, 2.75) is 0 Å². The van der Waals surface area contributed by atoms with Gasteiger partial charge in [0, 0.05) is 0 Å². The summed E-state index contributed by atoms with van der Waals surface area (Å²) in [5.74, 6) is 0. The molecule has 3 aromatic heterocycles. The molecule has 0 bridgehead atoms. The molecule has 4 heteroatoms. The first kappa shape index (κ1) is 9.60. The number of rotatable bonds is 3. The van der Waals surface area contributed by atoms with Crippen molar-refractivity contribution in [2.75, 3.05) is 0 Å². The van der Waals surface area contributed by atoms with E-state index in [4.69, 9.17) is 13.3 Å². The van der Waals surface area contributed by atoms with E-state index in [0.29, 0.717) is 0 Å². The molecule has 0 aliphatic carbocycles. The van der Waals surface area contributed by atoms with Crippen LogP contribution in [-0.2, 0) is 0 Å². The fraction of sp³-hybridized carbons (Fsp3) is 0. The van der Waals surface area contributed by atoms with Crippen LogP contribution in [0.1, 0.15) is 0 Å². The SMILES string of the molecule is c1co[c]([Ge]([c]2ccco2)[c]2ccco2)c1.